The molecule has 7 nitrogen and oxygen atoms in total. The van der Waals surface area contributed by atoms with E-state index in [0.717, 1.165) is 10.9 Å². The summed E-state index contributed by atoms with van der Waals surface area (Å²) in [6.45, 7) is 0. The highest BCUT2D eigenvalue weighted by atomic mass is 16.5. The number of ether oxygens (including phenoxy) is 1. The summed E-state index contributed by atoms with van der Waals surface area (Å²) in [5, 5.41) is 14.7. The summed E-state index contributed by atoms with van der Waals surface area (Å²) >= 11 is 0. The number of hydrogen-bond acceptors (Lipinski definition) is 6. The average molecular weight is 318 g/mol. The number of nitrogens with zero attached hydrogens (tertiary/aromatic N) is 4. The number of hydrogen-bond donors (Lipinski definition) is 0. The molecule has 0 spiro atoms. The quantitative estimate of drug-likeness (QED) is 0.442. The Morgan fingerprint density at radius 1 is 1.08 bits per heavy atom. The van der Waals surface area contributed by atoms with Crippen LogP contribution in [0.1, 0.15) is 0 Å². The zero-order chi connectivity index (χ0) is 16.3. The lowest BCUT2D eigenvalue weighted by atomic mass is 10.1. The van der Waals surface area contributed by atoms with Gasteiger partial charge in [0.1, 0.15) is 5.75 Å². The van der Waals surface area contributed by atoms with Crippen molar-refractivity contribution in [2.45, 2.75) is 0 Å². The molecule has 0 saturated heterocycles. The van der Waals surface area contributed by atoms with Crippen molar-refractivity contribution < 1.29 is 9.15 Å². The molecule has 116 valence electrons. The highest BCUT2D eigenvalue weighted by Crippen LogP contribution is 2.33. The number of benzene rings is 2. The number of tetrazole rings is 1. The Bertz CT molecular complexity index is 1320. The lowest BCUT2D eigenvalue weighted by molar-refractivity contribution is 0.415. The van der Waals surface area contributed by atoms with Crippen molar-refractivity contribution in [1.29, 1.82) is 0 Å². The Hall–Kier alpha value is -3.48. The van der Waals surface area contributed by atoms with Crippen molar-refractivity contribution >= 4 is 38.3 Å². The largest absolute Gasteiger partial charge is 0.497 e. The van der Waals surface area contributed by atoms with Crippen molar-refractivity contribution in [2.75, 3.05) is 7.11 Å². The van der Waals surface area contributed by atoms with Crippen LogP contribution in [0.3, 0.4) is 0 Å². The van der Waals surface area contributed by atoms with Crippen molar-refractivity contribution in [3.05, 3.63) is 52.9 Å². The molecule has 0 aliphatic heterocycles. The van der Waals surface area contributed by atoms with Gasteiger partial charge in [-0.05, 0) is 34.7 Å². The third kappa shape index (κ3) is 1.55. The van der Waals surface area contributed by atoms with E-state index in [0.29, 0.717) is 33.1 Å². The monoisotopic (exact) mass is 318 g/mol. The second-order valence-corrected chi connectivity index (χ2v) is 5.44. The van der Waals surface area contributed by atoms with Gasteiger partial charge in [-0.15, -0.1) is 5.10 Å². The third-order valence-corrected chi connectivity index (χ3v) is 4.21. The first kappa shape index (κ1) is 13.0. The second-order valence-electron chi connectivity index (χ2n) is 5.44. The molecule has 0 bridgehead atoms. The zero-order valence-corrected chi connectivity index (χ0v) is 12.6. The van der Waals surface area contributed by atoms with Gasteiger partial charge >= 0.3 is 5.63 Å². The summed E-state index contributed by atoms with van der Waals surface area (Å²) in [7, 11) is 1.59. The minimum absolute atomic E-state index is 0.390. The molecular weight excluding hydrogens is 308 g/mol. The molecule has 0 saturated carbocycles. The molecule has 2 aromatic carbocycles. The maximum absolute atomic E-state index is 12.4. The van der Waals surface area contributed by atoms with Crippen LogP contribution >= 0.6 is 0 Å². The van der Waals surface area contributed by atoms with Gasteiger partial charge in [-0.3, -0.25) is 0 Å². The van der Waals surface area contributed by atoms with E-state index < -0.39 is 0 Å². The van der Waals surface area contributed by atoms with Crippen molar-refractivity contribution in [3.63, 3.8) is 0 Å². The molecule has 0 fully saturated rings. The van der Waals surface area contributed by atoms with Crippen LogP contribution in [-0.2, 0) is 0 Å². The molecule has 5 rings (SSSR count). The van der Waals surface area contributed by atoms with Crippen LogP contribution in [0.2, 0.25) is 0 Å². The molecule has 0 aliphatic rings. The van der Waals surface area contributed by atoms with Crippen molar-refractivity contribution in [1.82, 2.24) is 20.0 Å². The lowest BCUT2D eigenvalue weighted by Crippen LogP contribution is -2.02. The molecule has 0 unspecified atom stereocenters. The fraction of sp³-hybridized carbons (Fsp3) is 0.0588. The molecular formula is C17H10N4O3. The summed E-state index contributed by atoms with van der Waals surface area (Å²) in [6.07, 6.45) is 0. The van der Waals surface area contributed by atoms with Crippen molar-refractivity contribution in [3.8, 4) is 5.75 Å². The average Bonchev–Trinajstić information content (AvgIpc) is 3.11. The molecule has 5 aromatic rings. The van der Waals surface area contributed by atoms with E-state index in [2.05, 4.69) is 15.5 Å². The summed E-state index contributed by atoms with van der Waals surface area (Å²) < 4.78 is 12.6. The van der Waals surface area contributed by atoms with Gasteiger partial charge in [-0.2, -0.15) is 4.52 Å². The van der Waals surface area contributed by atoms with Crippen LogP contribution in [0, 0.1) is 0 Å². The van der Waals surface area contributed by atoms with E-state index in [4.69, 9.17) is 9.15 Å². The standard InChI is InChI=1S/C17H10N4O3/c1-23-9-6-7-13-12(8-9)15-14(16-18-19-20-21(13)16)10-4-2-3-5-11(10)17(22)24-15/h2-8H,1H3. The van der Waals surface area contributed by atoms with Gasteiger partial charge in [-0.25, -0.2) is 4.79 Å². The lowest BCUT2D eigenvalue weighted by Gasteiger charge is -2.08. The van der Waals surface area contributed by atoms with Crippen LogP contribution in [0.25, 0.3) is 38.3 Å². The van der Waals surface area contributed by atoms with Gasteiger partial charge in [0.05, 0.1) is 23.4 Å². The SMILES string of the molecule is COc1ccc2c(c1)c1oc(=O)c3ccccc3c1c1nnnn21. The molecule has 0 atom stereocenters. The van der Waals surface area contributed by atoms with Gasteiger partial charge in [0.25, 0.3) is 0 Å². The number of fused-ring (bicyclic) bond motifs is 8. The Labute approximate surface area is 134 Å². The predicted molar refractivity (Wildman–Crippen MR) is 88.4 cm³/mol. The third-order valence-electron chi connectivity index (χ3n) is 4.21. The highest BCUT2D eigenvalue weighted by Gasteiger charge is 2.18. The van der Waals surface area contributed by atoms with E-state index in [1.807, 2.05) is 30.3 Å². The van der Waals surface area contributed by atoms with Gasteiger partial charge < -0.3 is 9.15 Å². The maximum atomic E-state index is 12.4. The van der Waals surface area contributed by atoms with Gasteiger partial charge in [0, 0.05) is 10.8 Å². The molecule has 0 aliphatic carbocycles. The topological polar surface area (TPSA) is 82.5 Å². The number of aromatic nitrogens is 4. The van der Waals surface area contributed by atoms with E-state index in [-0.39, 0.29) is 5.63 Å². The second kappa shape index (κ2) is 4.51. The first-order valence-corrected chi connectivity index (χ1v) is 7.31. The number of rotatable bonds is 1. The van der Waals surface area contributed by atoms with Crippen LogP contribution in [0.4, 0.5) is 0 Å². The number of methoxy groups -OCH3 is 1. The molecule has 3 aromatic heterocycles. The summed E-state index contributed by atoms with van der Waals surface area (Å²) in [4.78, 5) is 12.4. The van der Waals surface area contributed by atoms with Crippen LogP contribution in [0.5, 0.6) is 5.75 Å². The van der Waals surface area contributed by atoms with Crippen molar-refractivity contribution in [2.24, 2.45) is 0 Å². The fourth-order valence-corrected chi connectivity index (χ4v) is 3.13. The van der Waals surface area contributed by atoms with Crippen LogP contribution in [0.15, 0.2) is 51.7 Å². The Balaban J connectivity index is 2.20. The summed E-state index contributed by atoms with van der Waals surface area (Å²) in [6, 6.07) is 12.7. The van der Waals surface area contributed by atoms with E-state index in [9.17, 15) is 4.79 Å². The zero-order valence-electron chi connectivity index (χ0n) is 12.6. The number of pyridine rings is 1. The Morgan fingerprint density at radius 2 is 1.92 bits per heavy atom. The van der Waals surface area contributed by atoms with Crippen LogP contribution < -0.4 is 10.4 Å². The normalized spacial score (nSPS) is 11.7. The van der Waals surface area contributed by atoms with Gasteiger partial charge in [-0.1, -0.05) is 18.2 Å². The predicted octanol–water partition coefficient (Wildman–Crippen LogP) is 2.55. The van der Waals surface area contributed by atoms with E-state index in [1.165, 1.54) is 0 Å². The minimum Gasteiger partial charge on any atom is -0.497 e. The van der Waals surface area contributed by atoms with Gasteiger partial charge in [0.2, 0.25) is 0 Å². The summed E-state index contributed by atoms with van der Waals surface area (Å²) in [5.74, 6) is 0.659. The van der Waals surface area contributed by atoms with Crippen LogP contribution in [-0.4, -0.2) is 27.2 Å². The van der Waals surface area contributed by atoms with E-state index in [1.54, 1.807) is 23.8 Å². The smallest absolute Gasteiger partial charge is 0.344 e. The highest BCUT2D eigenvalue weighted by molar-refractivity contribution is 6.18. The molecule has 24 heavy (non-hydrogen) atoms. The molecule has 7 heteroatoms. The Kier molecular flexibility index (Phi) is 2.44. The fourth-order valence-electron chi connectivity index (χ4n) is 3.13. The first-order chi connectivity index (χ1) is 11.8. The molecule has 0 amide bonds. The maximum Gasteiger partial charge on any atom is 0.344 e. The summed E-state index contributed by atoms with van der Waals surface area (Å²) in [5.41, 5.74) is 1.35. The first-order valence-electron chi connectivity index (χ1n) is 7.31. The molecule has 0 radical (unpaired) electrons. The minimum atomic E-state index is -0.390. The molecule has 3 heterocycles. The molecule has 0 N–H and O–H groups in total. The van der Waals surface area contributed by atoms with Gasteiger partial charge in [0.15, 0.2) is 11.2 Å². The van der Waals surface area contributed by atoms with E-state index >= 15 is 0 Å². The Morgan fingerprint density at radius 3 is 2.75 bits per heavy atom.